The van der Waals surface area contributed by atoms with Crippen LogP contribution in [0.4, 0.5) is 0 Å². The molecule has 2 saturated heterocycles. The highest BCUT2D eigenvalue weighted by atomic mass is 32.2. The molecular formula is C40H68N6O7S. The summed E-state index contributed by atoms with van der Waals surface area (Å²) in [5, 5.41) is 21.8. The lowest BCUT2D eigenvalue weighted by molar-refractivity contribution is -0.148. The average molecular weight is 777 g/mol. The molecule has 6 amide bonds. The highest BCUT2D eigenvalue weighted by molar-refractivity contribution is 7.98. The second kappa shape index (κ2) is 22.6. The molecule has 13 nitrogen and oxygen atoms in total. The number of aliphatic hydroxyl groups is 1. The summed E-state index contributed by atoms with van der Waals surface area (Å²) in [6.07, 6.45) is 16.9. The average Bonchev–Trinajstić information content (AvgIpc) is 3.69. The molecule has 306 valence electrons. The van der Waals surface area contributed by atoms with Crippen LogP contribution < -0.4 is 21.3 Å². The zero-order valence-electron chi connectivity index (χ0n) is 33.1. The number of piperidine rings is 1. The molecule has 0 radical (unpaired) electrons. The minimum absolute atomic E-state index is 0.0239. The van der Waals surface area contributed by atoms with Crippen molar-refractivity contribution in [2.75, 3.05) is 31.6 Å². The minimum atomic E-state index is -1.16. The van der Waals surface area contributed by atoms with Gasteiger partial charge in [0.2, 0.25) is 35.4 Å². The fourth-order valence-corrected chi connectivity index (χ4v) is 9.30. The lowest BCUT2D eigenvalue weighted by atomic mass is 9.82. The summed E-state index contributed by atoms with van der Waals surface area (Å²) in [5.74, 6) is -0.891. The van der Waals surface area contributed by atoms with E-state index >= 15 is 0 Å². The number of rotatable bonds is 18. The number of aliphatic hydroxyl groups excluding tert-OH is 1. The third kappa shape index (κ3) is 12.6. The number of nitrogens with one attached hydrogen (secondary N) is 4. The van der Waals surface area contributed by atoms with Crippen LogP contribution in [0.1, 0.15) is 136 Å². The van der Waals surface area contributed by atoms with Crippen molar-refractivity contribution < 1.29 is 33.9 Å². The van der Waals surface area contributed by atoms with Crippen LogP contribution in [0, 0.1) is 11.8 Å². The number of hydrogen-bond acceptors (Lipinski definition) is 8. The zero-order valence-corrected chi connectivity index (χ0v) is 33.9. The largest absolute Gasteiger partial charge is 0.391 e. The number of nitrogens with zero attached hydrogens (tertiary/aromatic N) is 2. The zero-order chi connectivity index (χ0) is 39.0. The van der Waals surface area contributed by atoms with Crippen molar-refractivity contribution in [2.24, 2.45) is 11.8 Å². The molecule has 6 atom stereocenters. The van der Waals surface area contributed by atoms with E-state index in [1.165, 1.54) is 31.1 Å². The number of likely N-dealkylation sites (tertiary alicyclic amines) is 2. The van der Waals surface area contributed by atoms with E-state index in [2.05, 4.69) is 21.3 Å². The van der Waals surface area contributed by atoms with Crippen LogP contribution in [0.3, 0.4) is 0 Å². The summed E-state index contributed by atoms with van der Waals surface area (Å²) in [4.78, 5) is 85.5. The molecule has 0 spiro atoms. The van der Waals surface area contributed by atoms with E-state index in [9.17, 15) is 33.9 Å². The Bertz CT molecular complexity index is 1260. The van der Waals surface area contributed by atoms with Gasteiger partial charge in [-0.1, -0.05) is 58.3 Å². The van der Waals surface area contributed by atoms with Gasteiger partial charge in [0.25, 0.3) is 0 Å². The summed E-state index contributed by atoms with van der Waals surface area (Å²) in [7, 11) is 0. The van der Waals surface area contributed by atoms with Crippen molar-refractivity contribution >= 4 is 47.2 Å². The van der Waals surface area contributed by atoms with Crippen LogP contribution in [0.25, 0.3) is 0 Å². The molecule has 4 fully saturated rings. The summed E-state index contributed by atoms with van der Waals surface area (Å²) in [6.45, 7) is 4.48. The van der Waals surface area contributed by atoms with Crippen molar-refractivity contribution in [1.29, 1.82) is 0 Å². The topological polar surface area (TPSA) is 177 Å². The van der Waals surface area contributed by atoms with Gasteiger partial charge in [-0.25, -0.2) is 0 Å². The van der Waals surface area contributed by atoms with Crippen molar-refractivity contribution in [3.63, 3.8) is 0 Å². The van der Waals surface area contributed by atoms with Crippen molar-refractivity contribution in [3.8, 4) is 0 Å². The summed E-state index contributed by atoms with van der Waals surface area (Å²) >= 11 is 1.55. The van der Waals surface area contributed by atoms with Crippen molar-refractivity contribution in [1.82, 2.24) is 31.1 Å². The Labute approximate surface area is 327 Å². The smallest absolute Gasteiger partial charge is 0.246 e. The predicted octanol–water partition coefficient (Wildman–Crippen LogP) is 3.41. The van der Waals surface area contributed by atoms with Gasteiger partial charge in [-0.05, 0) is 95.0 Å². The lowest BCUT2D eigenvalue weighted by Gasteiger charge is -2.40. The van der Waals surface area contributed by atoms with Gasteiger partial charge in [0.1, 0.15) is 30.2 Å². The van der Waals surface area contributed by atoms with Gasteiger partial charge in [0.15, 0.2) is 0 Å². The maximum absolute atomic E-state index is 14.5. The second-order valence-corrected chi connectivity index (χ2v) is 17.1. The van der Waals surface area contributed by atoms with E-state index in [1.807, 2.05) is 13.2 Å². The highest BCUT2D eigenvalue weighted by Gasteiger charge is 2.43. The number of carbonyl (C=O) groups excluding carboxylic acids is 6. The van der Waals surface area contributed by atoms with Gasteiger partial charge < -0.3 is 36.2 Å². The molecule has 14 heteroatoms. The molecule has 2 heterocycles. The molecule has 0 bridgehead atoms. The van der Waals surface area contributed by atoms with E-state index in [0.29, 0.717) is 69.8 Å². The fraction of sp³-hybridized carbons (Fsp3) is 0.850. The number of carbonyl (C=O) groups is 6. The van der Waals surface area contributed by atoms with Crippen LogP contribution in [0.2, 0.25) is 0 Å². The maximum Gasteiger partial charge on any atom is 0.246 e. The first kappa shape index (κ1) is 43.9. The summed E-state index contributed by atoms with van der Waals surface area (Å²) in [5.41, 5.74) is 0. The van der Waals surface area contributed by atoms with Crippen LogP contribution in [-0.2, 0) is 28.8 Å². The van der Waals surface area contributed by atoms with Crippen molar-refractivity contribution in [3.05, 3.63) is 0 Å². The molecule has 4 aliphatic rings. The number of hydrogen-bond donors (Lipinski definition) is 5. The molecule has 0 aromatic carbocycles. The van der Waals surface area contributed by atoms with Crippen LogP contribution in [-0.4, -0.2) is 118 Å². The monoisotopic (exact) mass is 776 g/mol. The first-order chi connectivity index (χ1) is 26.0. The highest BCUT2D eigenvalue weighted by Crippen LogP contribution is 2.31. The van der Waals surface area contributed by atoms with E-state index in [0.717, 1.165) is 64.2 Å². The minimum Gasteiger partial charge on any atom is -0.391 e. The van der Waals surface area contributed by atoms with Gasteiger partial charge in [-0.3, -0.25) is 28.8 Å². The van der Waals surface area contributed by atoms with Gasteiger partial charge in [0.05, 0.1) is 6.10 Å². The Balaban J connectivity index is 1.45. The molecule has 54 heavy (non-hydrogen) atoms. The molecule has 1 unspecified atom stereocenters. The van der Waals surface area contributed by atoms with Crippen molar-refractivity contribution in [2.45, 2.75) is 172 Å². The summed E-state index contributed by atoms with van der Waals surface area (Å²) < 4.78 is 0. The first-order valence-corrected chi connectivity index (χ1v) is 22.4. The van der Waals surface area contributed by atoms with Gasteiger partial charge in [0, 0.05) is 26.1 Å². The van der Waals surface area contributed by atoms with E-state index < -0.39 is 54.0 Å². The Kier molecular flexibility index (Phi) is 18.4. The Morgan fingerprint density at radius 3 is 1.98 bits per heavy atom. The first-order valence-electron chi connectivity index (χ1n) is 21.0. The fourth-order valence-electron chi connectivity index (χ4n) is 8.83. The quantitative estimate of drug-likeness (QED) is 0.141. The lowest BCUT2D eigenvalue weighted by Crippen LogP contribution is -2.62. The molecule has 0 aromatic heterocycles. The van der Waals surface area contributed by atoms with Crippen LogP contribution >= 0.6 is 11.8 Å². The third-order valence-electron chi connectivity index (χ3n) is 12.0. The molecule has 5 N–H and O–H groups in total. The Morgan fingerprint density at radius 2 is 1.33 bits per heavy atom. The Morgan fingerprint density at radius 1 is 0.741 bits per heavy atom. The predicted molar refractivity (Wildman–Crippen MR) is 210 cm³/mol. The number of amides is 6. The molecule has 2 aliphatic carbocycles. The van der Waals surface area contributed by atoms with E-state index in [1.54, 1.807) is 16.7 Å². The van der Waals surface area contributed by atoms with Gasteiger partial charge >= 0.3 is 0 Å². The summed E-state index contributed by atoms with van der Waals surface area (Å²) in [6, 6.07) is -4.37. The van der Waals surface area contributed by atoms with Crippen LogP contribution in [0.15, 0.2) is 0 Å². The van der Waals surface area contributed by atoms with Gasteiger partial charge in [-0.2, -0.15) is 11.8 Å². The third-order valence-corrected chi connectivity index (χ3v) is 12.6. The normalized spacial score (nSPS) is 23.5. The maximum atomic E-state index is 14.5. The second-order valence-electron chi connectivity index (χ2n) is 16.1. The Hall–Kier alpha value is -2.87. The standard InChI is InChI=1S/C40H68N6O7S/c1-4-23-41-38(51)34(27(2)47)44-37(50)32-19-13-25-45(32)39(52)30(22-26-54-3)42-36(49)31-18-11-12-24-46(31)40(53)35(29-16-9-6-10-17-29)43-33(48)21-20-28-14-7-5-8-15-28/h27-32,34-35,47H,4-26H2,1-3H3,(H,41,51)(H,42,49)(H,43,48)(H,44,50)/t27?,30-,31-,32-,34-,35-/m0/s1. The van der Waals surface area contributed by atoms with Crippen LogP contribution in [0.5, 0.6) is 0 Å². The van der Waals surface area contributed by atoms with E-state index in [-0.39, 0.29) is 23.6 Å². The van der Waals surface area contributed by atoms with E-state index in [4.69, 9.17) is 0 Å². The molecular weight excluding hydrogens is 709 g/mol. The molecule has 4 rings (SSSR count). The molecule has 0 aromatic rings. The molecule has 2 aliphatic heterocycles. The molecule has 2 saturated carbocycles. The van der Waals surface area contributed by atoms with Gasteiger partial charge in [-0.15, -0.1) is 0 Å². The number of thioether (sulfide) groups is 1. The SMILES string of the molecule is CCCNC(=O)[C@@H](NC(=O)[C@@H]1CCCN1C(=O)[C@H](CCSC)NC(=O)[C@@H]1CCCCN1C(=O)[C@@H](NC(=O)CCC1CCCCC1)C1CCCCC1)C(C)O.